The van der Waals surface area contributed by atoms with Crippen molar-refractivity contribution in [3.05, 3.63) is 120 Å². The molecule has 2 atom stereocenters. The van der Waals surface area contributed by atoms with E-state index in [1.165, 1.54) is 0 Å². The average molecular weight is 451 g/mol. The van der Waals surface area contributed by atoms with Gasteiger partial charge in [-0.15, -0.1) is 0 Å². The van der Waals surface area contributed by atoms with E-state index >= 15 is 0 Å². The number of anilines is 1. The first-order valence-electron chi connectivity index (χ1n) is 10.9. The molecule has 0 aromatic heterocycles. The van der Waals surface area contributed by atoms with E-state index in [0.29, 0.717) is 0 Å². The Labute approximate surface area is 192 Å². The number of fused-ring (bicyclic) bond motifs is 1. The molecule has 162 valence electrons. The van der Waals surface area contributed by atoms with Crippen LogP contribution in [0.1, 0.15) is 23.2 Å². The normalized spacial score (nSPS) is 17.5. The first kappa shape index (κ1) is 20.0. The summed E-state index contributed by atoms with van der Waals surface area (Å²) in [6.45, 7) is 0. The van der Waals surface area contributed by atoms with Gasteiger partial charge in [-0.05, 0) is 45.5 Å². The maximum absolute atomic E-state index is 13.3. The van der Waals surface area contributed by atoms with Crippen molar-refractivity contribution >= 4 is 37.3 Å². The van der Waals surface area contributed by atoms with Crippen LogP contribution in [0.15, 0.2) is 114 Å². The summed E-state index contributed by atoms with van der Waals surface area (Å²) in [6, 6.07) is 34.5. The van der Waals surface area contributed by atoms with Crippen LogP contribution in [-0.4, -0.2) is 8.42 Å². The second-order valence-corrected chi connectivity index (χ2v) is 10.1. The third kappa shape index (κ3) is 3.37. The highest BCUT2D eigenvalue weighted by molar-refractivity contribution is 7.89. The van der Waals surface area contributed by atoms with E-state index in [9.17, 15) is 8.42 Å². The summed E-state index contributed by atoms with van der Waals surface area (Å²) in [5, 5.41) is 8.15. The molecule has 2 N–H and O–H groups in total. The molecule has 4 nitrogen and oxygen atoms in total. The van der Waals surface area contributed by atoms with Crippen molar-refractivity contribution < 1.29 is 8.42 Å². The summed E-state index contributed by atoms with van der Waals surface area (Å²) < 4.78 is 29.7. The first-order valence-corrected chi connectivity index (χ1v) is 12.4. The Hall–Kier alpha value is -3.67. The fraction of sp³-hybridized carbons (Fsp3) is 0.0714. The fourth-order valence-electron chi connectivity index (χ4n) is 4.92. The van der Waals surface area contributed by atoms with Crippen molar-refractivity contribution in [1.29, 1.82) is 0 Å². The van der Waals surface area contributed by atoms with Crippen molar-refractivity contribution in [2.75, 3.05) is 5.32 Å². The molecule has 2 unspecified atom stereocenters. The minimum Gasteiger partial charge on any atom is -0.376 e. The van der Waals surface area contributed by atoms with Crippen LogP contribution in [0.3, 0.4) is 0 Å². The summed E-state index contributed by atoms with van der Waals surface area (Å²) in [5.74, 6) is 0. The Morgan fingerprint density at radius 2 is 1.18 bits per heavy atom. The van der Waals surface area contributed by atoms with E-state index in [0.717, 1.165) is 38.4 Å². The zero-order valence-electron chi connectivity index (χ0n) is 17.8. The van der Waals surface area contributed by atoms with Crippen LogP contribution in [0.2, 0.25) is 0 Å². The van der Waals surface area contributed by atoms with E-state index in [-0.39, 0.29) is 10.9 Å². The van der Waals surface area contributed by atoms with E-state index in [4.69, 9.17) is 0 Å². The van der Waals surface area contributed by atoms with Crippen LogP contribution >= 0.6 is 0 Å². The third-order valence-corrected chi connectivity index (χ3v) is 7.87. The van der Waals surface area contributed by atoms with Gasteiger partial charge in [0.1, 0.15) is 0 Å². The molecule has 33 heavy (non-hydrogen) atoms. The Morgan fingerprint density at radius 1 is 0.576 bits per heavy atom. The van der Waals surface area contributed by atoms with Crippen LogP contribution in [-0.2, 0) is 10.0 Å². The first-order chi connectivity index (χ1) is 16.1. The van der Waals surface area contributed by atoms with E-state index in [1.807, 2.05) is 48.5 Å². The molecule has 0 bridgehead atoms. The second-order valence-electron chi connectivity index (χ2n) is 8.35. The summed E-state index contributed by atoms with van der Waals surface area (Å²) in [4.78, 5) is 0.261. The Bertz CT molecular complexity index is 1590. The highest BCUT2D eigenvalue weighted by Gasteiger charge is 2.37. The van der Waals surface area contributed by atoms with Gasteiger partial charge in [0.05, 0.1) is 17.0 Å². The van der Waals surface area contributed by atoms with Crippen LogP contribution in [0, 0.1) is 0 Å². The predicted octanol–water partition coefficient (Wildman–Crippen LogP) is 6.18. The number of benzene rings is 5. The number of sulfonamides is 1. The second kappa shape index (κ2) is 7.73. The van der Waals surface area contributed by atoms with Gasteiger partial charge in [-0.25, -0.2) is 13.1 Å². The monoisotopic (exact) mass is 450 g/mol. The van der Waals surface area contributed by atoms with Crippen LogP contribution < -0.4 is 10.0 Å². The highest BCUT2D eigenvalue weighted by Crippen LogP contribution is 2.46. The van der Waals surface area contributed by atoms with Gasteiger partial charge >= 0.3 is 0 Å². The molecule has 0 spiro atoms. The summed E-state index contributed by atoms with van der Waals surface area (Å²) in [5.41, 5.74) is 3.06. The molecule has 0 saturated heterocycles. The smallest absolute Gasteiger partial charge is 0.241 e. The minimum atomic E-state index is -3.72. The lowest BCUT2D eigenvalue weighted by molar-refractivity contribution is 0.535. The van der Waals surface area contributed by atoms with Crippen LogP contribution in [0.25, 0.3) is 21.5 Å². The topological polar surface area (TPSA) is 58.2 Å². The lowest BCUT2D eigenvalue weighted by atomic mass is 10.0. The van der Waals surface area contributed by atoms with Crippen LogP contribution in [0.5, 0.6) is 0 Å². The molecule has 5 aromatic rings. The highest BCUT2D eigenvalue weighted by atomic mass is 32.2. The van der Waals surface area contributed by atoms with E-state index < -0.39 is 16.1 Å². The Kier molecular flexibility index (Phi) is 4.68. The van der Waals surface area contributed by atoms with Crippen molar-refractivity contribution in [3.8, 4) is 0 Å². The molecule has 0 radical (unpaired) electrons. The molecule has 0 heterocycles. The molecule has 6 rings (SSSR count). The summed E-state index contributed by atoms with van der Waals surface area (Å²) >= 11 is 0. The lowest BCUT2D eigenvalue weighted by Crippen LogP contribution is -2.33. The molecular formula is C28H22N2O2S. The van der Waals surface area contributed by atoms with Gasteiger partial charge in [0.2, 0.25) is 10.0 Å². The molecule has 1 aliphatic carbocycles. The summed E-state index contributed by atoms with van der Waals surface area (Å²) in [6.07, 6.45) is 0. The maximum atomic E-state index is 13.3. The van der Waals surface area contributed by atoms with Crippen molar-refractivity contribution in [1.82, 2.24) is 4.72 Å². The van der Waals surface area contributed by atoms with Gasteiger partial charge in [0.15, 0.2) is 0 Å². The lowest BCUT2D eigenvalue weighted by Gasteiger charge is -2.26. The SMILES string of the molecule is O=S(=O)(NC1c2cccc3cccc(c23)C1Nc1cccc2ccccc12)c1ccccc1. The number of nitrogens with one attached hydrogen (secondary N) is 2. The average Bonchev–Trinajstić information content (AvgIpc) is 3.14. The van der Waals surface area contributed by atoms with Gasteiger partial charge < -0.3 is 5.32 Å². The van der Waals surface area contributed by atoms with Crippen molar-refractivity contribution in [3.63, 3.8) is 0 Å². The van der Waals surface area contributed by atoms with E-state index in [2.05, 4.69) is 46.4 Å². The van der Waals surface area contributed by atoms with Gasteiger partial charge in [-0.2, -0.15) is 0 Å². The van der Waals surface area contributed by atoms with Gasteiger partial charge in [-0.3, -0.25) is 0 Å². The number of hydrogen-bond acceptors (Lipinski definition) is 3. The van der Waals surface area contributed by atoms with Crippen molar-refractivity contribution in [2.24, 2.45) is 0 Å². The summed E-state index contributed by atoms with van der Waals surface area (Å²) in [7, 11) is -3.72. The molecule has 0 saturated carbocycles. The number of rotatable bonds is 5. The molecule has 5 heteroatoms. The van der Waals surface area contributed by atoms with Gasteiger partial charge in [0.25, 0.3) is 0 Å². The standard InChI is InChI=1S/C28H22N2O2S/c31-33(32,21-13-2-1-3-14-21)30-28-24-17-7-12-20-11-6-16-23(26(20)24)27(28)29-25-18-8-10-19-9-4-5-15-22(19)25/h1-18,27-30H. The number of hydrogen-bond donors (Lipinski definition) is 2. The zero-order chi connectivity index (χ0) is 22.4. The minimum absolute atomic E-state index is 0.254. The van der Waals surface area contributed by atoms with Crippen molar-refractivity contribution in [2.45, 2.75) is 17.0 Å². The fourth-order valence-corrected chi connectivity index (χ4v) is 6.17. The third-order valence-electron chi connectivity index (χ3n) is 6.41. The Morgan fingerprint density at radius 3 is 1.97 bits per heavy atom. The van der Waals surface area contributed by atoms with Gasteiger partial charge in [-0.1, -0.05) is 91.0 Å². The maximum Gasteiger partial charge on any atom is 0.241 e. The molecule has 1 aliphatic rings. The van der Waals surface area contributed by atoms with Gasteiger partial charge in [0, 0.05) is 11.1 Å². The molecule has 0 aliphatic heterocycles. The molecule has 0 fully saturated rings. The van der Waals surface area contributed by atoms with Crippen LogP contribution in [0.4, 0.5) is 5.69 Å². The molecule has 0 amide bonds. The predicted molar refractivity (Wildman–Crippen MR) is 134 cm³/mol. The molecule has 5 aromatic carbocycles. The zero-order valence-corrected chi connectivity index (χ0v) is 18.6. The quantitative estimate of drug-likeness (QED) is 0.336. The molecular weight excluding hydrogens is 428 g/mol. The largest absolute Gasteiger partial charge is 0.376 e. The Balaban J connectivity index is 1.48. The van der Waals surface area contributed by atoms with E-state index in [1.54, 1.807) is 24.3 Å².